The van der Waals surface area contributed by atoms with Gasteiger partial charge in [0.15, 0.2) is 0 Å². The van der Waals surface area contributed by atoms with E-state index in [1.54, 1.807) is 11.0 Å². The minimum Gasteiger partial charge on any atom is -0.337 e. The zero-order chi connectivity index (χ0) is 20.4. The lowest BCUT2D eigenvalue weighted by Gasteiger charge is -2.37. The summed E-state index contributed by atoms with van der Waals surface area (Å²) < 4.78 is 0. The molecule has 3 heterocycles. The largest absolute Gasteiger partial charge is 0.337 e. The van der Waals surface area contributed by atoms with Crippen molar-refractivity contribution in [3.63, 3.8) is 0 Å². The molecule has 0 N–H and O–H groups in total. The van der Waals surface area contributed by atoms with E-state index in [2.05, 4.69) is 16.0 Å². The first-order valence-corrected chi connectivity index (χ1v) is 9.73. The first kappa shape index (κ1) is 18.9. The van der Waals surface area contributed by atoms with Crippen molar-refractivity contribution < 1.29 is 9.59 Å². The van der Waals surface area contributed by atoms with Gasteiger partial charge in [0.25, 0.3) is 0 Å². The van der Waals surface area contributed by atoms with Crippen molar-refractivity contribution in [2.45, 2.75) is 25.8 Å². The number of carbonyl (C=O) groups excluding carboxylic acids is 2. The Labute approximate surface area is 169 Å². The van der Waals surface area contributed by atoms with Crippen LogP contribution in [0.1, 0.15) is 24.2 Å². The average molecular weight is 390 g/mol. The second kappa shape index (κ2) is 7.87. The number of benzene rings is 1. The van der Waals surface area contributed by atoms with Crippen molar-refractivity contribution in [1.82, 2.24) is 14.9 Å². The van der Waals surface area contributed by atoms with Gasteiger partial charge in [-0.1, -0.05) is 18.2 Å². The molecule has 2 aliphatic rings. The third kappa shape index (κ3) is 3.76. The van der Waals surface area contributed by atoms with Gasteiger partial charge >= 0.3 is 0 Å². The molecule has 148 valence electrons. The molecule has 2 fully saturated rings. The molecular weight excluding hydrogens is 368 g/mol. The minimum absolute atomic E-state index is 0.00891. The van der Waals surface area contributed by atoms with Crippen LogP contribution in [0.15, 0.2) is 36.4 Å². The molecule has 1 atom stereocenters. The highest BCUT2D eigenvalue weighted by Gasteiger charge is 2.39. The van der Waals surface area contributed by atoms with E-state index >= 15 is 0 Å². The Morgan fingerprint density at radius 1 is 1.14 bits per heavy atom. The SMILES string of the molecule is Cc1cc(C#N)nc(N2CCN(C(=O)C3CCC(=O)N3c3ccccc3)CC2)n1. The van der Waals surface area contributed by atoms with Gasteiger partial charge in [-0.25, -0.2) is 9.97 Å². The maximum atomic E-state index is 13.2. The monoisotopic (exact) mass is 390 g/mol. The molecule has 2 amide bonds. The highest BCUT2D eigenvalue weighted by atomic mass is 16.2. The molecule has 2 aromatic rings. The first-order chi connectivity index (χ1) is 14.1. The lowest BCUT2D eigenvalue weighted by Crippen LogP contribution is -2.54. The molecule has 8 heteroatoms. The number of carbonyl (C=O) groups is 2. The number of para-hydroxylation sites is 1. The summed E-state index contributed by atoms with van der Waals surface area (Å²) >= 11 is 0. The van der Waals surface area contributed by atoms with Crippen LogP contribution in [0.3, 0.4) is 0 Å². The Bertz CT molecular complexity index is 963. The topological polar surface area (TPSA) is 93.4 Å². The van der Waals surface area contributed by atoms with E-state index in [9.17, 15) is 9.59 Å². The van der Waals surface area contributed by atoms with Crippen LogP contribution < -0.4 is 9.80 Å². The molecule has 29 heavy (non-hydrogen) atoms. The van der Waals surface area contributed by atoms with Gasteiger partial charge in [-0.15, -0.1) is 0 Å². The molecule has 0 bridgehead atoms. The Kier molecular flexibility index (Phi) is 5.12. The van der Waals surface area contributed by atoms with Crippen LogP contribution in [-0.4, -0.2) is 58.9 Å². The van der Waals surface area contributed by atoms with E-state index in [-0.39, 0.29) is 11.8 Å². The third-order valence-electron chi connectivity index (χ3n) is 5.36. The summed E-state index contributed by atoms with van der Waals surface area (Å²) in [6, 6.07) is 12.6. The van der Waals surface area contributed by atoms with Crippen LogP contribution in [0, 0.1) is 18.3 Å². The number of aromatic nitrogens is 2. The van der Waals surface area contributed by atoms with Gasteiger partial charge in [0.1, 0.15) is 17.8 Å². The summed E-state index contributed by atoms with van der Waals surface area (Å²) in [5.74, 6) is 0.503. The highest BCUT2D eigenvalue weighted by Crippen LogP contribution is 2.28. The number of anilines is 2. The van der Waals surface area contributed by atoms with Crippen molar-refractivity contribution in [3.8, 4) is 6.07 Å². The van der Waals surface area contributed by atoms with Gasteiger partial charge in [-0.2, -0.15) is 5.26 Å². The van der Waals surface area contributed by atoms with Gasteiger partial charge in [0.05, 0.1) is 0 Å². The zero-order valence-corrected chi connectivity index (χ0v) is 16.3. The van der Waals surface area contributed by atoms with E-state index in [1.807, 2.05) is 47.1 Å². The van der Waals surface area contributed by atoms with Crippen molar-refractivity contribution in [1.29, 1.82) is 5.26 Å². The van der Waals surface area contributed by atoms with Crippen LogP contribution in [0.25, 0.3) is 0 Å². The lowest BCUT2D eigenvalue weighted by atomic mass is 10.1. The van der Waals surface area contributed by atoms with Gasteiger partial charge in [-0.3, -0.25) is 14.5 Å². The summed E-state index contributed by atoms with van der Waals surface area (Å²) in [6.45, 7) is 4.08. The van der Waals surface area contributed by atoms with E-state index < -0.39 is 6.04 Å². The van der Waals surface area contributed by atoms with Gasteiger partial charge in [0, 0.05) is 44.0 Å². The highest BCUT2D eigenvalue weighted by molar-refractivity contribution is 6.03. The van der Waals surface area contributed by atoms with Crippen LogP contribution in [-0.2, 0) is 9.59 Å². The summed E-state index contributed by atoms with van der Waals surface area (Å²) in [5, 5.41) is 9.12. The predicted molar refractivity (Wildman–Crippen MR) is 107 cm³/mol. The molecule has 2 saturated heterocycles. The standard InChI is InChI=1S/C21H22N6O2/c1-15-13-16(14-22)24-21(23-15)26-11-9-25(10-12-26)20(29)18-7-8-19(28)27(18)17-5-3-2-4-6-17/h2-6,13,18H,7-12H2,1H3. The maximum Gasteiger partial charge on any atom is 0.245 e. The van der Waals surface area contributed by atoms with E-state index in [1.165, 1.54) is 0 Å². The fraction of sp³-hybridized carbons (Fsp3) is 0.381. The summed E-state index contributed by atoms with van der Waals surface area (Å²) in [4.78, 5) is 39.7. The lowest BCUT2D eigenvalue weighted by molar-refractivity contribution is -0.133. The Hall–Kier alpha value is -3.47. The van der Waals surface area contributed by atoms with Gasteiger partial charge < -0.3 is 9.80 Å². The summed E-state index contributed by atoms with van der Waals surface area (Å²) in [6.07, 6.45) is 0.929. The summed E-state index contributed by atoms with van der Waals surface area (Å²) in [5.41, 5.74) is 1.85. The number of rotatable bonds is 3. The Morgan fingerprint density at radius 3 is 2.55 bits per heavy atom. The Morgan fingerprint density at radius 2 is 1.86 bits per heavy atom. The van der Waals surface area contributed by atoms with Crippen LogP contribution >= 0.6 is 0 Å². The molecule has 4 rings (SSSR count). The molecule has 1 aromatic carbocycles. The second-order valence-corrected chi connectivity index (χ2v) is 7.27. The summed E-state index contributed by atoms with van der Waals surface area (Å²) in [7, 11) is 0. The van der Waals surface area contributed by atoms with E-state index in [4.69, 9.17) is 5.26 Å². The molecule has 8 nitrogen and oxygen atoms in total. The molecule has 0 aliphatic carbocycles. The van der Waals surface area contributed by atoms with E-state index in [0.29, 0.717) is 50.7 Å². The number of nitrogens with zero attached hydrogens (tertiary/aromatic N) is 6. The number of nitriles is 1. The molecular formula is C21H22N6O2. The van der Waals surface area contributed by atoms with Crippen molar-refractivity contribution in [3.05, 3.63) is 47.8 Å². The maximum absolute atomic E-state index is 13.2. The first-order valence-electron chi connectivity index (χ1n) is 9.73. The van der Waals surface area contributed by atoms with Crippen molar-refractivity contribution in [2.75, 3.05) is 36.0 Å². The molecule has 0 saturated carbocycles. The van der Waals surface area contributed by atoms with Crippen LogP contribution in [0.5, 0.6) is 0 Å². The van der Waals surface area contributed by atoms with Crippen molar-refractivity contribution >= 4 is 23.5 Å². The van der Waals surface area contributed by atoms with Crippen LogP contribution in [0.2, 0.25) is 0 Å². The molecule has 0 spiro atoms. The minimum atomic E-state index is -0.447. The number of aryl methyl sites for hydroxylation is 1. The molecule has 1 unspecified atom stereocenters. The number of amides is 2. The number of hydrogen-bond donors (Lipinski definition) is 0. The molecule has 2 aliphatic heterocycles. The number of hydrogen-bond acceptors (Lipinski definition) is 6. The average Bonchev–Trinajstić information content (AvgIpc) is 3.14. The zero-order valence-electron chi connectivity index (χ0n) is 16.3. The number of piperazine rings is 1. The van der Waals surface area contributed by atoms with Crippen LogP contribution in [0.4, 0.5) is 11.6 Å². The Balaban J connectivity index is 1.45. The van der Waals surface area contributed by atoms with E-state index in [0.717, 1.165) is 11.4 Å². The normalized spacial score (nSPS) is 19.4. The van der Waals surface area contributed by atoms with Gasteiger partial charge in [0.2, 0.25) is 17.8 Å². The molecule has 0 radical (unpaired) electrons. The predicted octanol–water partition coefficient (Wildman–Crippen LogP) is 1.50. The smallest absolute Gasteiger partial charge is 0.245 e. The fourth-order valence-electron chi connectivity index (χ4n) is 3.92. The van der Waals surface area contributed by atoms with Gasteiger partial charge in [-0.05, 0) is 31.5 Å². The third-order valence-corrected chi connectivity index (χ3v) is 5.36. The fourth-order valence-corrected chi connectivity index (χ4v) is 3.92. The molecule has 1 aromatic heterocycles. The van der Waals surface area contributed by atoms with Crippen molar-refractivity contribution in [2.24, 2.45) is 0 Å². The quantitative estimate of drug-likeness (QED) is 0.788. The second-order valence-electron chi connectivity index (χ2n) is 7.27.